The normalized spacial score (nSPS) is 13.1. The number of carbonyl (C=O) groups is 1. The molecule has 0 fully saturated rings. The Kier molecular flexibility index (Phi) is 5.73. The van der Waals surface area contributed by atoms with Gasteiger partial charge in [-0.3, -0.25) is 14.5 Å². The summed E-state index contributed by atoms with van der Waals surface area (Å²) in [6, 6.07) is 4.46. The SMILES string of the molecule is CCc1ccc(-c2nn(C(C)C)c3c2CCCc2nc(CC(=O)N(C)C)sc2-3)cn1. The number of rotatable bonds is 5. The predicted molar refractivity (Wildman–Crippen MR) is 121 cm³/mol. The van der Waals surface area contributed by atoms with Crippen LogP contribution in [0.4, 0.5) is 0 Å². The Morgan fingerprint density at radius 3 is 2.70 bits per heavy atom. The highest BCUT2D eigenvalue weighted by Crippen LogP contribution is 2.42. The molecule has 1 aliphatic rings. The van der Waals surface area contributed by atoms with Gasteiger partial charge in [-0.2, -0.15) is 5.10 Å². The minimum Gasteiger partial charge on any atom is -0.348 e. The number of hydrogen-bond donors (Lipinski definition) is 0. The van der Waals surface area contributed by atoms with Gasteiger partial charge in [0.15, 0.2) is 0 Å². The van der Waals surface area contributed by atoms with E-state index in [9.17, 15) is 4.79 Å². The highest BCUT2D eigenvalue weighted by Gasteiger charge is 2.28. The van der Waals surface area contributed by atoms with Crippen molar-refractivity contribution in [3.63, 3.8) is 0 Å². The number of aryl methyl sites for hydroxylation is 2. The summed E-state index contributed by atoms with van der Waals surface area (Å²) in [6.45, 7) is 6.45. The summed E-state index contributed by atoms with van der Waals surface area (Å²) in [7, 11) is 3.58. The second-order valence-corrected chi connectivity index (χ2v) is 9.39. The molecule has 0 aromatic carbocycles. The summed E-state index contributed by atoms with van der Waals surface area (Å²) >= 11 is 1.65. The minimum atomic E-state index is 0.0827. The van der Waals surface area contributed by atoms with Crippen molar-refractivity contribution in [3.05, 3.63) is 40.3 Å². The van der Waals surface area contributed by atoms with Crippen molar-refractivity contribution in [2.45, 2.75) is 58.9 Å². The van der Waals surface area contributed by atoms with Crippen LogP contribution in [0.25, 0.3) is 21.8 Å². The van der Waals surface area contributed by atoms with Gasteiger partial charge in [0.05, 0.1) is 28.4 Å². The Labute approximate surface area is 182 Å². The number of carbonyl (C=O) groups excluding carboxylic acids is 1. The highest BCUT2D eigenvalue weighted by atomic mass is 32.1. The van der Waals surface area contributed by atoms with Crippen LogP contribution in [0.3, 0.4) is 0 Å². The average molecular weight is 424 g/mol. The third-order valence-electron chi connectivity index (χ3n) is 5.56. The summed E-state index contributed by atoms with van der Waals surface area (Å²) in [4.78, 5) is 24.5. The first-order valence-electron chi connectivity index (χ1n) is 10.6. The van der Waals surface area contributed by atoms with Crippen molar-refractivity contribution < 1.29 is 4.79 Å². The van der Waals surface area contributed by atoms with Crippen LogP contribution in [0.2, 0.25) is 0 Å². The van der Waals surface area contributed by atoms with Crippen LogP contribution in [0.1, 0.15) is 55.2 Å². The molecule has 30 heavy (non-hydrogen) atoms. The maximum Gasteiger partial charge on any atom is 0.228 e. The van der Waals surface area contributed by atoms with Crippen molar-refractivity contribution in [2.75, 3.05) is 14.1 Å². The fourth-order valence-electron chi connectivity index (χ4n) is 3.88. The lowest BCUT2D eigenvalue weighted by atomic mass is 10.0. The molecule has 0 spiro atoms. The molecule has 3 heterocycles. The molecule has 4 rings (SSSR count). The summed E-state index contributed by atoms with van der Waals surface area (Å²) in [5.41, 5.74) is 6.75. The van der Waals surface area contributed by atoms with Gasteiger partial charge in [0.25, 0.3) is 0 Å². The Morgan fingerprint density at radius 1 is 1.27 bits per heavy atom. The van der Waals surface area contributed by atoms with E-state index in [1.165, 1.54) is 16.1 Å². The van der Waals surface area contributed by atoms with Gasteiger partial charge >= 0.3 is 0 Å². The van der Waals surface area contributed by atoms with Crippen LogP contribution in [0, 0.1) is 0 Å². The molecule has 3 aromatic rings. The van der Waals surface area contributed by atoms with E-state index < -0.39 is 0 Å². The molecule has 0 radical (unpaired) electrons. The summed E-state index contributed by atoms with van der Waals surface area (Å²) in [5.74, 6) is 0.0827. The topological polar surface area (TPSA) is 63.9 Å². The fraction of sp³-hybridized carbons (Fsp3) is 0.478. The largest absolute Gasteiger partial charge is 0.348 e. The second-order valence-electron chi connectivity index (χ2n) is 8.31. The van der Waals surface area contributed by atoms with Gasteiger partial charge in [-0.1, -0.05) is 6.92 Å². The predicted octanol–water partition coefficient (Wildman–Crippen LogP) is 4.33. The molecule has 0 atom stereocenters. The van der Waals surface area contributed by atoms with Crippen LogP contribution in [-0.2, 0) is 30.5 Å². The first kappa shape index (κ1) is 20.7. The smallest absolute Gasteiger partial charge is 0.228 e. The van der Waals surface area contributed by atoms with E-state index in [2.05, 4.69) is 42.6 Å². The molecule has 6 nitrogen and oxygen atoms in total. The Bertz CT molecular complexity index is 1060. The molecular formula is C23H29N5OS. The van der Waals surface area contributed by atoms with Crippen LogP contribution >= 0.6 is 11.3 Å². The molecule has 0 saturated heterocycles. The highest BCUT2D eigenvalue weighted by molar-refractivity contribution is 7.15. The van der Waals surface area contributed by atoms with Crippen LogP contribution in [0.15, 0.2) is 18.3 Å². The average Bonchev–Trinajstić information content (AvgIpc) is 3.25. The van der Waals surface area contributed by atoms with E-state index in [0.29, 0.717) is 6.42 Å². The molecule has 0 N–H and O–H groups in total. The molecule has 1 amide bonds. The summed E-state index contributed by atoms with van der Waals surface area (Å²) < 4.78 is 2.14. The number of nitrogens with zero attached hydrogens (tertiary/aromatic N) is 5. The molecule has 1 aliphatic carbocycles. The van der Waals surface area contributed by atoms with E-state index >= 15 is 0 Å². The molecule has 3 aromatic heterocycles. The van der Waals surface area contributed by atoms with Crippen LogP contribution in [-0.4, -0.2) is 44.7 Å². The zero-order valence-electron chi connectivity index (χ0n) is 18.4. The summed E-state index contributed by atoms with van der Waals surface area (Å²) in [6.07, 6.45) is 6.17. The van der Waals surface area contributed by atoms with Crippen LogP contribution < -0.4 is 0 Å². The molecular weight excluding hydrogens is 394 g/mol. The third-order valence-corrected chi connectivity index (χ3v) is 6.66. The first-order valence-corrected chi connectivity index (χ1v) is 11.5. The first-order chi connectivity index (χ1) is 14.4. The van der Waals surface area contributed by atoms with Gasteiger partial charge in [0, 0.05) is 43.2 Å². The Hall–Kier alpha value is -2.54. The number of likely N-dealkylation sites (N-methyl/N-ethyl adjacent to an activating group) is 1. The van der Waals surface area contributed by atoms with Gasteiger partial charge in [0.1, 0.15) is 5.01 Å². The molecule has 0 saturated carbocycles. The Balaban J connectivity index is 1.83. The van der Waals surface area contributed by atoms with Crippen molar-refractivity contribution in [1.29, 1.82) is 0 Å². The van der Waals surface area contributed by atoms with E-state index in [0.717, 1.165) is 53.3 Å². The van der Waals surface area contributed by atoms with Crippen molar-refractivity contribution in [2.24, 2.45) is 0 Å². The summed E-state index contributed by atoms with van der Waals surface area (Å²) in [5, 5.41) is 5.92. The van der Waals surface area contributed by atoms with Crippen molar-refractivity contribution in [3.8, 4) is 21.8 Å². The molecule has 7 heteroatoms. The monoisotopic (exact) mass is 423 g/mol. The van der Waals surface area contributed by atoms with Gasteiger partial charge in [-0.05, 0) is 51.7 Å². The van der Waals surface area contributed by atoms with E-state index in [1.807, 2.05) is 6.20 Å². The number of pyridine rings is 1. The second kappa shape index (κ2) is 8.30. The number of aromatic nitrogens is 4. The lowest BCUT2D eigenvalue weighted by Crippen LogP contribution is -2.23. The zero-order chi connectivity index (χ0) is 21.4. The number of fused-ring (bicyclic) bond motifs is 3. The fourth-order valence-corrected chi connectivity index (χ4v) is 5.04. The number of amides is 1. The van der Waals surface area contributed by atoms with Gasteiger partial charge in [-0.15, -0.1) is 11.3 Å². The van der Waals surface area contributed by atoms with Crippen molar-refractivity contribution in [1.82, 2.24) is 24.6 Å². The lowest BCUT2D eigenvalue weighted by Gasteiger charge is -2.10. The standard InChI is InChI=1S/C23H29N5OS/c1-6-16-11-10-15(13-24-16)21-17-8-7-9-18-23(22(17)28(26-21)14(2)3)30-19(25-18)12-20(29)27(4)5/h10-11,13-14H,6-9,12H2,1-5H3. The minimum absolute atomic E-state index is 0.0827. The van der Waals surface area contributed by atoms with E-state index in [1.54, 1.807) is 30.3 Å². The quantitative estimate of drug-likeness (QED) is 0.613. The zero-order valence-corrected chi connectivity index (χ0v) is 19.2. The Morgan fingerprint density at radius 2 is 2.07 bits per heavy atom. The molecule has 0 bridgehead atoms. The van der Waals surface area contributed by atoms with E-state index in [4.69, 9.17) is 10.1 Å². The van der Waals surface area contributed by atoms with Crippen molar-refractivity contribution >= 4 is 17.2 Å². The third kappa shape index (κ3) is 3.78. The lowest BCUT2D eigenvalue weighted by molar-refractivity contribution is -0.127. The molecule has 0 unspecified atom stereocenters. The number of hydrogen-bond acceptors (Lipinski definition) is 5. The number of thiazole rings is 1. The molecule has 0 aliphatic heterocycles. The molecule has 158 valence electrons. The van der Waals surface area contributed by atoms with Crippen LogP contribution in [0.5, 0.6) is 0 Å². The van der Waals surface area contributed by atoms with Gasteiger partial charge in [0.2, 0.25) is 5.91 Å². The van der Waals surface area contributed by atoms with E-state index in [-0.39, 0.29) is 11.9 Å². The van der Waals surface area contributed by atoms with Gasteiger partial charge < -0.3 is 4.90 Å². The maximum absolute atomic E-state index is 12.2. The van der Waals surface area contributed by atoms with Gasteiger partial charge in [-0.25, -0.2) is 4.98 Å². The maximum atomic E-state index is 12.2.